The summed E-state index contributed by atoms with van der Waals surface area (Å²) in [6.07, 6.45) is 0. The van der Waals surface area contributed by atoms with Crippen molar-refractivity contribution in [3.63, 3.8) is 0 Å². The van der Waals surface area contributed by atoms with Crippen LogP contribution >= 0.6 is 15.9 Å². The monoisotopic (exact) mass is 329 g/mol. The van der Waals surface area contributed by atoms with E-state index in [9.17, 15) is 14.9 Å². The van der Waals surface area contributed by atoms with Crippen molar-refractivity contribution < 1.29 is 9.72 Å². The van der Waals surface area contributed by atoms with Gasteiger partial charge in [-0.1, -0.05) is 6.07 Å². The Kier molecular flexibility index (Phi) is 5.44. The number of amides is 1. The van der Waals surface area contributed by atoms with Crippen molar-refractivity contribution in [2.75, 3.05) is 20.6 Å². The summed E-state index contributed by atoms with van der Waals surface area (Å²) in [4.78, 5) is 24.3. The fraction of sp³-hybridized carbons (Fsp3) is 0.417. The lowest BCUT2D eigenvalue weighted by molar-refractivity contribution is -0.385. The molecule has 0 bridgehead atoms. The van der Waals surface area contributed by atoms with Crippen LogP contribution in [-0.2, 0) is 0 Å². The molecule has 0 spiro atoms. The fourth-order valence-electron chi connectivity index (χ4n) is 1.73. The first-order chi connectivity index (χ1) is 8.82. The Morgan fingerprint density at radius 3 is 2.68 bits per heavy atom. The normalized spacial score (nSPS) is 12.3. The molecule has 1 aromatic rings. The lowest BCUT2D eigenvalue weighted by atomic mass is 10.1. The van der Waals surface area contributed by atoms with Crippen LogP contribution in [0.5, 0.6) is 0 Å². The van der Waals surface area contributed by atoms with Gasteiger partial charge in [0.2, 0.25) is 0 Å². The minimum absolute atomic E-state index is 0.0475. The van der Waals surface area contributed by atoms with Crippen LogP contribution in [0.1, 0.15) is 17.3 Å². The Hall–Kier alpha value is -1.47. The summed E-state index contributed by atoms with van der Waals surface area (Å²) in [6, 6.07) is 4.35. The molecule has 0 heterocycles. The quantitative estimate of drug-likeness (QED) is 0.662. The van der Waals surface area contributed by atoms with Crippen molar-refractivity contribution in [2.45, 2.75) is 13.0 Å². The smallest absolute Gasteiger partial charge is 0.284 e. The van der Waals surface area contributed by atoms with Crippen LogP contribution in [-0.4, -0.2) is 42.4 Å². The van der Waals surface area contributed by atoms with E-state index in [0.29, 0.717) is 6.54 Å². The molecule has 0 aliphatic carbocycles. The van der Waals surface area contributed by atoms with Gasteiger partial charge in [-0.05, 0) is 43.0 Å². The van der Waals surface area contributed by atoms with Crippen LogP contribution in [0.15, 0.2) is 22.7 Å². The maximum atomic E-state index is 12.1. The average Bonchev–Trinajstić information content (AvgIpc) is 2.27. The molecular formula is C12H16BrN3O3. The molecule has 1 amide bonds. The first-order valence-electron chi connectivity index (χ1n) is 5.71. The molecule has 0 radical (unpaired) electrons. The highest BCUT2D eigenvalue weighted by atomic mass is 79.9. The standard InChI is InChI=1S/C12H16BrN3O3/c1-8(7-15(2)3)14-12(17)9-5-4-6-10(11(9)13)16(18)19/h4-6,8H,7H2,1-3H3,(H,14,17). The van der Waals surface area contributed by atoms with Crippen molar-refractivity contribution in [1.82, 2.24) is 10.2 Å². The van der Waals surface area contributed by atoms with E-state index >= 15 is 0 Å². The minimum Gasteiger partial charge on any atom is -0.348 e. The Morgan fingerprint density at radius 2 is 2.16 bits per heavy atom. The van der Waals surface area contributed by atoms with Gasteiger partial charge in [0.15, 0.2) is 0 Å². The SMILES string of the molecule is CC(CN(C)C)NC(=O)c1cccc([N+](=O)[O-])c1Br. The number of hydrogen-bond donors (Lipinski definition) is 1. The van der Waals surface area contributed by atoms with Crippen LogP contribution in [0.3, 0.4) is 0 Å². The molecule has 1 N–H and O–H groups in total. The van der Waals surface area contributed by atoms with Gasteiger partial charge < -0.3 is 10.2 Å². The fourth-order valence-corrected chi connectivity index (χ4v) is 2.32. The molecule has 7 heteroatoms. The highest BCUT2D eigenvalue weighted by Gasteiger charge is 2.20. The molecule has 104 valence electrons. The number of likely N-dealkylation sites (N-methyl/N-ethyl adjacent to an activating group) is 1. The molecule has 1 atom stereocenters. The molecule has 0 saturated heterocycles. The molecule has 1 aromatic carbocycles. The van der Waals surface area contributed by atoms with Gasteiger partial charge in [-0.2, -0.15) is 0 Å². The van der Waals surface area contributed by atoms with Gasteiger partial charge in [0.05, 0.1) is 10.5 Å². The van der Waals surface area contributed by atoms with Crippen LogP contribution in [0.4, 0.5) is 5.69 Å². The summed E-state index contributed by atoms with van der Waals surface area (Å²) >= 11 is 3.11. The second-order valence-electron chi connectivity index (χ2n) is 4.53. The molecule has 0 saturated carbocycles. The first-order valence-corrected chi connectivity index (χ1v) is 6.50. The molecule has 0 aliphatic heterocycles. The van der Waals surface area contributed by atoms with Crippen LogP contribution in [0.25, 0.3) is 0 Å². The number of rotatable bonds is 5. The third kappa shape index (κ3) is 4.29. The predicted molar refractivity (Wildman–Crippen MR) is 76.3 cm³/mol. The predicted octanol–water partition coefficient (Wildman–Crippen LogP) is 2.04. The first kappa shape index (κ1) is 15.6. The number of halogens is 1. The van der Waals surface area contributed by atoms with Crippen molar-refractivity contribution in [3.8, 4) is 0 Å². The van der Waals surface area contributed by atoms with Gasteiger partial charge in [-0.15, -0.1) is 0 Å². The van der Waals surface area contributed by atoms with Gasteiger partial charge in [0.1, 0.15) is 4.47 Å². The van der Waals surface area contributed by atoms with E-state index in [1.54, 1.807) is 6.07 Å². The Balaban J connectivity index is 2.89. The van der Waals surface area contributed by atoms with Crippen LogP contribution in [0, 0.1) is 10.1 Å². The molecule has 1 rings (SSSR count). The number of benzene rings is 1. The maximum absolute atomic E-state index is 12.1. The Morgan fingerprint density at radius 1 is 1.53 bits per heavy atom. The molecule has 0 aliphatic rings. The van der Waals surface area contributed by atoms with Crippen LogP contribution < -0.4 is 5.32 Å². The number of carbonyl (C=O) groups excluding carboxylic acids is 1. The highest BCUT2D eigenvalue weighted by Crippen LogP contribution is 2.28. The van der Waals surface area contributed by atoms with Crippen LogP contribution in [0.2, 0.25) is 0 Å². The van der Waals surface area contributed by atoms with Gasteiger partial charge in [-0.3, -0.25) is 14.9 Å². The van der Waals surface area contributed by atoms with E-state index in [1.165, 1.54) is 12.1 Å². The number of hydrogen-bond acceptors (Lipinski definition) is 4. The third-order valence-corrected chi connectivity index (χ3v) is 3.27. The number of nitrogens with zero attached hydrogens (tertiary/aromatic N) is 2. The van der Waals surface area contributed by atoms with E-state index in [1.807, 2.05) is 25.9 Å². The summed E-state index contributed by atoms with van der Waals surface area (Å²) in [5.41, 5.74) is 0.146. The topological polar surface area (TPSA) is 75.5 Å². The molecule has 0 aromatic heterocycles. The molecular weight excluding hydrogens is 314 g/mol. The lowest BCUT2D eigenvalue weighted by Crippen LogP contribution is -2.39. The molecule has 1 unspecified atom stereocenters. The van der Waals surface area contributed by atoms with E-state index in [0.717, 1.165) is 0 Å². The summed E-state index contributed by atoms with van der Waals surface area (Å²) in [7, 11) is 3.82. The number of nitro benzene ring substituents is 1. The number of nitrogens with one attached hydrogen (secondary N) is 1. The molecule has 0 fully saturated rings. The van der Waals surface area contributed by atoms with E-state index in [2.05, 4.69) is 21.2 Å². The van der Waals surface area contributed by atoms with Gasteiger partial charge in [-0.25, -0.2) is 0 Å². The number of nitro groups is 1. The molecule has 6 nitrogen and oxygen atoms in total. The van der Waals surface area contributed by atoms with Crippen molar-refractivity contribution in [1.29, 1.82) is 0 Å². The van der Waals surface area contributed by atoms with Crippen molar-refractivity contribution in [3.05, 3.63) is 38.3 Å². The third-order valence-electron chi connectivity index (χ3n) is 2.44. The highest BCUT2D eigenvalue weighted by molar-refractivity contribution is 9.10. The minimum atomic E-state index is -0.524. The second-order valence-corrected chi connectivity index (χ2v) is 5.33. The average molecular weight is 330 g/mol. The largest absolute Gasteiger partial charge is 0.348 e. The van der Waals surface area contributed by atoms with E-state index in [4.69, 9.17) is 0 Å². The van der Waals surface area contributed by atoms with E-state index < -0.39 is 4.92 Å². The van der Waals surface area contributed by atoms with Crippen molar-refractivity contribution in [2.24, 2.45) is 0 Å². The maximum Gasteiger partial charge on any atom is 0.284 e. The summed E-state index contributed by atoms with van der Waals surface area (Å²) in [5.74, 6) is -0.329. The van der Waals surface area contributed by atoms with Gasteiger partial charge >= 0.3 is 0 Å². The van der Waals surface area contributed by atoms with Gasteiger partial charge in [0, 0.05) is 18.7 Å². The van der Waals surface area contributed by atoms with Gasteiger partial charge in [0.25, 0.3) is 11.6 Å². The summed E-state index contributed by atoms with van der Waals surface area (Å²) in [6.45, 7) is 2.57. The zero-order chi connectivity index (χ0) is 14.6. The second kappa shape index (κ2) is 6.63. The summed E-state index contributed by atoms with van der Waals surface area (Å²) < 4.78 is 0.203. The Bertz CT molecular complexity index is 491. The number of carbonyl (C=O) groups is 1. The van der Waals surface area contributed by atoms with E-state index in [-0.39, 0.29) is 27.7 Å². The lowest BCUT2D eigenvalue weighted by Gasteiger charge is -2.18. The van der Waals surface area contributed by atoms with Crippen molar-refractivity contribution >= 4 is 27.5 Å². The summed E-state index contributed by atoms with van der Waals surface area (Å²) in [5, 5.41) is 13.6. The molecule has 19 heavy (non-hydrogen) atoms. The Labute approximate surface area is 120 Å². The zero-order valence-corrected chi connectivity index (χ0v) is 12.6. The zero-order valence-electron chi connectivity index (χ0n) is 11.0.